The zero-order valence-corrected chi connectivity index (χ0v) is 10.3. The van der Waals surface area contributed by atoms with Crippen molar-refractivity contribution in [3.05, 3.63) is 29.8 Å². The number of hydrogen-bond acceptors (Lipinski definition) is 2. The smallest absolute Gasteiger partial charge is 0.0107 e. The monoisotopic (exact) mass is 221 g/mol. The predicted molar refractivity (Wildman–Crippen MR) is 67.7 cm³/mol. The van der Waals surface area contributed by atoms with Crippen molar-refractivity contribution in [1.29, 1.82) is 0 Å². The van der Waals surface area contributed by atoms with Gasteiger partial charge >= 0.3 is 0 Å². The number of rotatable bonds is 4. The van der Waals surface area contributed by atoms with Crippen LogP contribution in [0.2, 0.25) is 0 Å². The van der Waals surface area contributed by atoms with Crippen LogP contribution in [0.15, 0.2) is 29.2 Å². The molecule has 2 unspecified atom stereocenters. The highest BCUT2D eigenvalue weighted by Gasteiger charge is 2.23. The van der Waals surface area contributed by atoms with Gasteiger partial charge in [-0.2, -0.15) is 0 Å². The second-order valence-corrected chi connectivity index (χ2v) is 5.30. The normalized spacial score (nSPS) is 21.3. The average molecular weight is 221 g/mol. The van der Waals surface area contributed by atoms with Crippen LogP contribution in [0.1, 0.15) is 31.7 Å². The van der Waals surface area contributed by atoms with E-state index in [1.807, 2.05) is 11.8 Å². The van der Waals surface area contributed by atoms with Crippen LogP contribution in [-0.4, -0.2) is 18.3 Å². The molecular weight excluding hydrogens is 202 g/mol. The Balaban J connectivity index is 2.01. The van der Waals surface area contributed by atoms with E-state index in [-0.39, 0.29) is 0 Å². The van der Waals surface area contributed by atoms with Gasteiger partial charge in [-0.1, -0.05) is 25.1 Å². The van der Waals surface area contributed by atoms with Gasteiger partial charge in [0.1, 0.15) is 0 Å². The highest BCUT2D eigenvalue weighted by Crippen LogP contribution is 2.41. The Kier molecular flexibility index (Phi) is 3.71. The van der Waals surface area contributed by atoms with E-state index in [0.29, 0.717) is 6.04 Å². The summed E-state index contributed by atoms with van der Waals surface area (Å²) in [7, 11) is 0. The molecule has 1 N–H and O–H groups in total. The van der Waals surface area contributed by atoms with E-state index < -0.39 is 0 Å². The van der Waals surface area contributed by atoms with Crippen molar-refractivity contribution in [3.63, 3.8) is 0 Å². The van der Waals surface area contributed by atoms with E-state index in [0.717, 1.165) is 12.5 Å². The lowest BCUT2D eigenvalue weighted by molar-refractivity contribution is 0.495. The number of nitrogens with one attached hydrogen (secondary N) is 1. The fraction of sp³-hybridized carbons (Fsp3) is 0.538. The summed E-state index contributed by atoms with van der Waals surface area (Å²) in [6.45, 7) is 5.53. The summed E-state index contributed by atoms with van der Waals surface area (Å²) in [5, 5.41) is 3.49. The summed E-state index contributed by atoms with van der Waals surface area (Å²) in [6, 6.07) is 9.47. The lowest BCUT2D eigenvalue weighted by atomic mass is 9.94. The summed E-state index contributed by atoms with van der Waals surface area (Å²) in [5.41, 5.74) is 1.56. The Morgan fingerprint density at radius 2 is 2.27 bits per heavy atom. The van der Waals surface area contributed by atoms with Crippen molar-refractivity contribution >= 4 is 11.8 Å². The van der Waals surface area contributed by atoms with Crippen molar-refractivity contribution < 1.29 is 0 Å². The third-order valence-electron chi connectivity index (χ3n) is 2.99. The van der Waals surface area contributed by atoms with Crippen molar-refractivity contribution in [1.82, 2.24) is 5.32 Å². The molecule has 82 valence electrons. The number of fused-ring (bicyclic) bond motifs is 1. The maximum Gasteiger partial charge on any atom is 0.0107 e. The summed E-state index contributed by atoms with van der Waals surface area (Å²) < 4.78 is 0. The Labute approximate surface area is 96.7 Å². The third-order valence-corrected chi connectivity index (χ3v) is 4.24. The Morgan fingerprint density at radius 3 is 3.07 bits per heavy atom. The van der Waals surface area contributed by atoms with Gasteiger partial charge in [0.2, 0.25) is 0 Å². The molecule has 0 aromatic heterocycles. The SMILES string of the molecule is CCNC(C)CC1CSc2ccccc21. The molecule has 1 aliphatic heterocycles. The molecule has 0 amide bonds. The molecule has 0 aliphatic carbocycles. The first kappa shape index (κ1) is 11.0. The lowest BCUT2D eigenvalue weighted by Gasteiger charge is -2.17. The van der Waals surface area contributed by atoms with Gasteiger partial charge in [0.05, 0.1) is 0 Å². The first-order chi connectivity index (χ1) is 7.31. The van der Waals surface area contributed by atoms with E-state index >= 15 is 0 Å². The number of hydrogen-bond donors (Lipinski definition) is 1. The zero-order chi connectivity index (χ0) is 10.7. The summed E-state index contributed by atoms with van der Waals surface area (Å²) in [6.07, 6.45) is 1.26. The van der Waals surface area contributed by atoms with E-state index in [2.05, 4.69) is 43.4 Å². The molecule has 1 aromatic carbocycles. The van der Waals surface area contributed by atoms with Gasteiger partial charge < -0.3 is 5.32 Å². The largest absolute Gasteiger partial charge is 0.315 e. The molecule has 0 bridgehead atoms. The zero-order valence-electron chi connectivity index (χ0n) is 9.49. The maximum atomic E-state index is 3.49. The fourth-order valence-corrected chi connectivity index (χ4v) is 3.56. The first-order valence-electron chi connectivity index (χ1n) is 5.76. The van der Waals surface area contributed by atoms with Crippen molar-refractivity contribution in [3.8, 4) is 0 Å². The van der Waals surface area contributed by atoms with E-state index in [9.17, 15) is 0 Å². The van der Waals surface area contributed by atoms with Crippen LogP contribution in [0.4, 0.5) is 0 Å². The molecule has 1 heterocycles. The minimum Gasteiger partial charge on any atom is -0.315 e. The highest BCUT2D eigenvalue weighted by atomic mass is 32.2. The Bertz CT molecular complexity index is 324. The van der Waals surface area contributed by atoms with Gasteiger partial charge in [0.15, 0.2) is 0 Å². The molecule has 15 heavy (non-hydrogen) atoms. The Morgan fingerprint density at radius 1 is 1.47 bits per heavy atom. The van der Waals surface area contributed by atoms with Crippen molar-refractivity contribution in [2.24, 2.45) is 0 Å². The van der Waals surface area contributed by atoms with Gasteiger partial charge in [-0.25, -0.2) is 0 Å². The molecule has 0 saturated heterocycles. The van der Waals surface area contributed by atoms with Crippen molar-refractivity contribution in [2.45, 2.75) is 37.1 Å². The van der Waals surface area contributed by atoms with E-state index in [1.165, 1.54) is 17.1 Å². The van der Waals surface area contributed by atoms with Gasteiger partial charge in [0, 0.05) is 16.7 Å². The molecule has 2 rings (SSSR count). The summed E-state index contributed by atoms with van der Waals surface area (Å²) in [5.74, 6) is 2.01. The second-order valence-electron chi connectivity index (χ2n) is 4.24. The predicted octanol–water partition coefficient (Wildman–Crippen LogP) is 3.26. The molecular formula is C13H19NS. The molecule has 1 nitrogen and oxygen atoms in total. The van der Waals surface area contributed by atoms with Gasteiger partial charge in [-0.15, -0.1) is 11.8 Å². The summed E-state index contributed by atoms with van der Waals surface area (Å²) >= 11 is 2.01. The number of thioether (sulfide) groups is 1. The van der Waals surface area contributed by atoms with Crippen LogP contribution in [0.5, 0.6) is 0 Å². The molecule has 1 aliphatic rings. The molecule has 2 atom stereocenters. The third kappa shape index (κ3) is 2.56. The topological polar surface area (TPSA) is 12.0 Å². The molecule has 0 spiro atoms. The minimum absolute atomic E-state index is 0.631. The highest BCUT2D eigenvalue weighted by molar-refractivity contribution is 7.99. The minimum atomic E-state index is 0.631. The van der Waals surface area contributed by atoms with Crippen LogP contribution in [-0.2, 0) is 0 Å². The van der Waals surface area contributed by atoms with E-state index in [1.54, 1.807) is 5.56 Å². The van der Waals surface area contributed by atoms with Gasteiger partial charge in [-0.05, 0) is 37.4 Å². The molecule has 0 fully saturated rings. The quantitative estimate of drug-likeness (QED) is 0.837. The van der Waals surface area contributed by atoms with E-state index in [4.69, 9.17) is 0 Å². The van der Waals surface area contributed by atoms with Crippen LogP contribution in [0.3, 0.4) is 0 Å². The number of benzene rings is 1. The molecule has 2 heteroatoms. The standard InChI is InChI=1S/C13H19NS/c1-3-14-10(2)8-11-9-15-13-7-5-4-6-12(11)13/h4-7,10-11,14H,3,8-9H2,1-2H3. The van der Waals surface area contributed by atoms with Gasteiger partial charge in [-0.3, -0.25) is 0 Å². The Hall–Kier alpha value is -0.470. The average Bonchev–Trinajstić information content (AvgIpc) is 2.62. The van der Waals surface area contributed by atoms with Crippen molar-refractivity contribution in [2.75, 3.05) is 12.3 Å². The van der Waals surface area contributed by atoms with Crippen LogP contribution < -0.4 is 5.32 Å². The molecule has 0 saturated carbocycles. The maximum absolute atomic E-state index is 3.49. The summed E-state index contributed by atoms with van der Waals surface area (Å²) in [4.78, 5) is 1.49. The molecule has 0 radical (unpaired) electrons. The lowest BCUT2D eigenvalue weighted by Crippen LogP contribution is -2.27. The fourth-order valence-electron chi connectivity index (χ4n) is 2.28. The van der Waals surface area contributed by atoms with Crippen LogP contribution in [0.25, 0.3) is 0 Å². The van der Waals surface area contributed by atoms with Gasteiger partial charge in [0.25, 0.3) is 0 Å². The second kappa shape index (κ2) is 5.04. The first-order valence-corrected chi connectivity index (χ1v) is 6.75. The van der Waals surface area contributed by atoms with Crippen LogP contribution in [0, 0.1) is 0 Å². The molecule has 1 aromatic rings. The van der Waals surface area contributed by atoms with Crippen LogP contribution >= 0.6 is 11.8 Å².